The highest BCUT2D eigenvalue weighted by atomic mass is 32.2. The Hall–Kier alpha value is -2.71. The molecule has 8 heteroatoms. The predicted octanol–water partition coefficient (Wildman–Crippen LogP) is 2.55. The van der Waals surface area contributed by atoms with E-state index in [0.29, 0.717) is 5.56 Å². The Balaban J connectivity index is 2.09. The maximum absolute atomic E-state index is 12.6. The minimum Gasteiger partial charge on any atom is -0.452 e. The van der Waals surface area contributed by atoms with Crippen LogP contribution in [0.2, 0.25) is 0 Å². The van der Waals surface area contributed by atoms with Crippen LogP contribution in [0.4, 0.5) is 0 Å². The molecule has 0 aliphatic heterocycles. The number of hydrogen-bond donors (Lipinski definition) is 2. The molecule has 2 aromatic rings. The van der Waals surface area contributed by atoms with Crippen molar-refractivity contribution >= 4 is 21.9 Å². The molecule has 0 aliphatic carbocycles. The van der Waals surface area contributed by atoms with Crippen LogP contribution in [-0.4, -0.2) is 32.4 Å². The van der Waals surface area contributed by atoms with Gasteiger partial charge in [0, 0.05) is 12.1 Å². The summed E-state index contributed by atoms with van der Waals surface area (Å²) in [6.45, 7) is 6.79. The van der Waals surface area contributed by atoms with Gasteiger partial charge in [-0.1, -0.05) is 36.4 Å². The second-order valence-electron chi connectivity index (χ2n) is 7.66. The molecule has 0 atom stereocenters. The van der Waals surface area contributed by atoms with Gasteiger partial charge >= 0.3 is 5.97 Å². The fourth-order valence-electron chi connectivity index (χ4n) is 2.51. The molecular weight excluding hydrogens is 392 g/mol. The van der Waals surface area contributed by atoms with E-state index in [1.165, 1.54) is 18.2 Å². The summed E-state index contributed by atoms with van der Waals surface area (Å²) in [6.07, 6.45) is 0. The number of sulfonamides is 1. The first-order valence-electron chi connectivity index (χ1n) is 9.10. The number of nitrogens with one attached hydrogen (secondary N) is 2. The van der Waals surface area contributed by atoms with Crippen LogP contribution < -0.4 is 10.0 Å². The zero-order valence-corrected chi connectivity index (χ0v) is 17.8. The van der Waals surface area contributed by atoms with Gasteiger partial charge in [-0.3, -0.25) is 4.79 Å². The molecule has 0 aromatic heterocycles. The van der Waals surface area contributed by atoms with E-state index in [-0.39, 0.29) is 17.0 Å². The Kier molecular flexibility index (Phi) is 7.16. The summed E-state index contributed by atoms with van der Waals surface area (Å²) in [4.78, 5) is 24.2. The molecule has 0 aliphatic rings. The van der Waals surface area contributed by atoms with Crippen molar-refractivity contribution in [2.24, 2.45) is 0 Å². The molecule has 2 N–H and O–H groups in total. The molecular formula is C21H26N2O5S. The summed E-state index contributed by atoms with van der Waals surface area (Å²) in [5.74, 6) is -1.19. The van der Waals surface area contributed by atoms with E-state index in [1.807, 2.05) is 51.1 Å². The fraction of sp³-hybridized carbons (Fsp3) is 0.333. The lowest BCUT2D eigenvalue weighted by Gasteiger charge is -2.20. The second-order valence-corrected chi connectivity index (χ2v) is 9.43. The highest BCUT2D eigenvalue weighted by Crippen LogP contribution is 2.17. The van der Waals surface area contributed by atoms with Crippen LogP contribution >= 0.6 is 0 Å². The third kappa shape index (κ3) is 6.99. The minimum atomic E-state index is -3.82. The van der Waals surface area contributed by atoms with Gasteiger partial charge in [0.1, 0.15) is 0 Å². The van der Waals surface area contributed by atoms with Crippen molar-refractivity contribution in [2.45, 2.75) is 44.7 Å². The number of amides is 1. The molecule has 0 radical (unpaired) electrons. The quantitative estimate of drug-likeness (QED) is 0.673. The summed E-state index contributed by atoms with van der Waals surface area (Å²) in [5.41, 5.74) is 1.01. The third-order valence-electron chi connectivity index (χ3n) is 3.90. The van der Waals surface area contributed by atoms with E-state index < -0.39 is 34.0 Å². The van der Waals surface area contributed by atoms with Crippen molar-refractivity contribution in [1.82, 2.24) is 10.0 Å². The number of ether oxygens (including phenoxy) is 1. The first kappa shape index (κ1) is 22.6. The lowest BCUT2D eigenvalue weighted by molar-refractivity contribution is -0.125. The Bertz CT molecular complexity index is 980. The maximum Gasteiger partial charge on any atom is 0.338 e. The summed E-state index contributed by atoms with van der Waals surface area (Å²) < 4.78 is 32.7. The van der Waals surface area contributed by atoms with Gasteiger partial charge in [-0.2, -0.15) is 0 Å². The normalized spacial score (nSPS) is 11.7. The Labute approximate surface area is 171 Å². The van der Waals surface area contributed by atoms with Crippen LogP contribution in [0.15, 0.2) is 53.4 Å². The zero-order valence-electron chi connectivity index (χ0n) is 17.0. The highest BCUT2D eigenvalue weighted by Gasteiger charge is 2.20. The molecule has 156 valence electrons. The van der Waals surface area contributed by atoms with Crippen molar-refractivity contribution in [3.8, 4) is 0 Å². The zero-order chi connectivity index (χ0) is 21.7. The smallest absolute Gasteiger partial charge is 0.338 e. The van der Waals surface area contributed by atoms with Gasteiger partial charge in [0.25, 0.3) is 5.91 Å². The van der Waals surface area contributed by atoms with Gasteiger partial charge in [-0.05, 0) is 51.0 Å². The fourth-order valence-corrected chi connectivity index (χ4v) is 3.55. The van der Waals surface area contributed by atoms with Gasteiger partial charge in [0.2, 0.25) is 10.0 Å². The number of rotatable bonds is 7. The van der Waals surface area contributed by atoms with Crippen molar-refractivity contribution in [3.05, 3.63) is 65.2 Å². The average molecular weight is 419 g/mol. The molecule has 0 unspecified atom stereocenters. The number of esters is 1. The van der Waals surface area contributed by atoms with E-state index in [9.17, 15) is 18.0 Å². The van der Waals surface area contributed by atoms with Crippen molar-refractivity contribution in [2.75, 3.05) is 6.61 Å². The topological polar surface area (TPSA) is 102 Å². The standard InChI is InChI=1S/C21H26N2O5S/c1-15-10-11-17(29(26,27)22-13-16-8-6-5-7-9-16)12-18(15)20(25)28-14-19(24)23-21(2,3)4/h5-12,22H,13-14H2,1-4H3,(H,23,24). The third-order valence-corrected chi connectivity index (χ3v) is 5.30. The molecule has 0 spiro atoms. The summed E-state index contributed by atoms with van der Waals surface area (Å²) in [7, 11) is -3.82. The highest BCUT2D eigenvalue weighted by molar-refractivity contribution is 7.89. The molecule has 0 bridgehead atoms. The average Bonchev–Trinajstić information content (AvgIpc) is 2.64. The first-order valence-corrected chi connectivity index (χ1v) is 10.6. The van der Waals surface area contributed by atoms with Gasteiger partial charge in [-0.15, -0.1) is 0 Å². The Morgan fingerprint density at radius 1 is 1.03 bits per heavy atom. The SMILES string of the molecule is Cc1ccc(S(=O)(=O)NCc2ccccc2)cc1C(=O)OCC(=O)NC(C)(C)C. The molecule has 29 heavy (non-hydrogen) atoms. The summed E-state index contributed by atoms with van der Waals surface area (Å²) >= 11 is 0. The van der Waals surface area contributed by atoms with Crippen LogP contribution in [0, 0.1) is 6.92 Å². The molecule has 0 fully saturated rings. The van der Waals surface area contributed by atoms with Crippen LogP contribution in [0.25, 0.3) is 0 Å². The Morgan fingerprint density at radius 2 is 1.69 bits per heavy atom. The lowest BCUT2D eigenvalue weighted by atomic mass is 10.1. The number of benzene rings is 2. The van der Waals surface area contributed by atoms with Crippen molar-refractivity contribution in [3.63, 3.8) is 0 Å². The van der Waals surface area contributed by atoms with E-state index in [1.54, 1.807) is 6.92 Å². The van der Waals surface area contributed by atoms with Crippen LogP contribution in [0.5, 0.6) is 0 Å². The van der Waals surface area contributed by atoms with Crippen LogP contribution in [0.1, 0.15) is 42.3 Å². The summed E-state index contributed by atoms with van der Waals surface area (Å²) in [6, 6.07) is 13.3. The first-order chi connectivity index (χ1) is 13.5. The molecule has 0 saturated carbocycles. The Morgan fingerprint density at radius 3 is 2.31 bits per heavy atom. The molecule has 0 heterocycles. The maximum atomic E-state index is 12.6. The van der Waals surface area contributed by atoms with E-state index >= 15 is 0 Å². The monoisotopic (exact) mass is 418 g/mol. The van der Waals surface area contributed by atoms with Crippen molar-refractivity contribution < 1.29 is 22.7 Å². The van der Waals surface area contributed by atoms with E-state index in [4.69, 9.17) is 4.74 Å². The molecule has 2 rings (SSSR count). The predicted molar refractivity (Wildman–Crippen MR) is 110 cm³/mol. The molecule has 0 saturated heterocycles. The van der Waals surface area contributed by atoms with Crippen molar-refractivity contribution in [1.29, 1.82) is 0 Å². The van der Waals surface area contributed by atoms with Gasteiger partial charge < -0.3 is 10.1 Å². The van der Waals surface area contributed by atoms with Crippen LogP contribution in [0.3, 0.4) is 0 Å². The van der Waals surface area contributed by atoms with Gasteiger partial charge in [-0.25, -0.2) is 17.9 Å². The minimum absolute atomic E-state index is 0.0508. The largest absolute Gasteiger partial charge is 0.452 e. The van der Waals surface area contributed by atoms with Gasteiger partial charge in [0.15, 0.2) is 6.61 Å². The van der Waals surface area contributed by atoms with E-state index in [0.717, 1.165) is 5.56 Å². The summed E-state index contributed by atoms with van der Waals surface area (Å²) in [5, 5.41) is 2.69. The second kappa shape index (κ2) is 9.19. The number of aryl methyl sites for hydroxylation is 1. The molecule has 2 aromatic carbocycles. The number of hydrogen-bond acceptors (Lipinski definition) is 5. The lowest BCUT2D eigenvalue weighted by Crippen LogP contribution is -2.42. The number of carbonyl (C=O) groups excluding carboxylic acids is 2. The van der Waals surface area contributed by atoms with E-state index in [2.05, 4.69) is 10.0 Å². The number of carbonyl (C=O) groups is 2. The molecule has 7 nitrogen and oxygen atoms in total. The van der Waals surface area contributed by atoms with Crippen LogP contribution in [-0.2, 0) is 26.1 Å². The van der Waals surface area contributed by atoms with Gasteiger partial charge in [0.05, 0.1) is 10.5 Å². The molecule has 1 amide bonds.